The monoisotopic (exact) mass is 503 g/mol. The molecule has 1 fully saturated rings. The number of morpholine rings is 1. The number of hydrogen-bond acceptors (Lipinski definition) is 10. The molecule has 2 heterocycles. The van der Waals surface area contributed by atoms with Crippen LogP contribution >= 0.6 is 0 Å². The van der Waals surface area contributed by atoms with Crippen LogP contribution in [0.25, 0.3) is 5.69 Å². The number of rotatable bonds is 7. The Kier molecular flexibility index (Phi) is 6.43. The average Bonchev–Trinajstić information content (AvgIpc) is 3.25. The number of carbonyl (C=O) groups is 1. The minimum absolute atomic E-state index is 0.1000. The number of phenolic OH excluding ortho intramolecular Hbond substituents is 1. The van der Waals surface area contributed by atoms with Crippen molar-refractivity contribution in [2.75, 3.05) is 39.1 Å². The number of nitro groups is 1. The fraction of sp³-hybridized carbons (Fsp3) is 0.238. The summed E-state index contributed by atoms with van der Waals surface area (Å²) in [7, 11) is -2.59. The van der Waals surface area contributed by atoms with Crippen LogP contribution in [0.4, 0.5) is 11.5 Å². The van der Waals surface area contributed by atoms with E-state index in [-0.39, 0.29) is 59.6 Å². The number of anilines is 1. The normalized spacial score (nSPS) is 14.5. The SMILES string of the molecule is COc1ccc(O)c(C(=O)c2cnn(-c3ccc(S(=O)(=O)N4CCOCC4)cc3[N+](=O)[O-])c2N)c1. The summed E-state index contributed by atoms with van der Waals surface area (Å²) in [5.74, 6) is -0.903. The molecule has 35 heavy (non-hydrogen) atoms. The molecule has 0 radical (unpaired) electrons. The van der Waals surface area contributed by atoms with Crippen LogP contribution in [-0.4, -0.2) is 71.7 Å². The standard InChI is InChI=1S/C21H21N5O8S/c1-33-13-2-5-19(27)15(10-13)20(28)16-12-23-25(21(16)22)17-4-3-14(11-18(17)26(29)30)35(31,32)24-6-8-34-9-7-24/h2-5,10-12,27H,6-9,22H2,1H3. The number of sulfonamides is 1. The molecule has 1 saturated heterocycles. The van der Waals surface area contributed by atoms with Crippen LogP contribution in [0.2, 0.25) is 0 Å². The zero-order valence-electron chi connectivity index (χ0n) is 18.4. The van der Waals surface area contributed by atoms with Crippen LogP contribution < -0.4 is 10.5 Å². The summed E-state index contributed by atoms with van der Waals surface area (Å²) in [5.41, 5.74) is 5.18. The number of aromatic hydroxyl groups is 1. The molecule has 0 amide bonds. The van der Waals surface area contributed by atoms with E-state index in [9.17, 15) is 28.4 Å². The lowest BCUT2D eigenvalue weighted by molar-refractivity contribution is -0.384. The quantitative estimate of drug-likeness (QED) is 0.271. The second kappa shape index (κ2) is 9.32. The number of ketones is 1. The van der Waals surface area contributed by atoms with Crippen molar-refractivity contribution in [3.05, 3.63) is 63.8 Å². The first-order chi connectivity index (χ1) is 16.6. The number of hydrogen-bond donors (Lipinski definition) is 2. The second-order valence-corrected chi connectivity index (χ2v) is 9.43. The summed E-state index contributed by atoms with van der Waals surface area (Å²) in [5, 5.41) is 25.9. The van der Waals surface area contributed by atoms with Crippen molar-refractivity contribution in [3.8, 4) is 17.2 Å². The maximum Gasteiger partial charge on any atom is 0.296 e. The Morgan fingerprint density at radius 1 is 1.20 bits per heavy atom. The lowest BCUT2D eigenvalue weighted by atomic mass is 10.0. The van der Waals surface area contributed by atoms with Gasteiger partial charge in [0.1, 0.15) is 23.0 Å². The van der Waals surface area contributed by atoms with Crippen molar-refractivity contribution in [1.29, 1.82) is 0 Å². The van der Waals surface area contributed by atoms with E-state index in [1.54, 1.807) is 0 Å². The molecule has 4 rings (SSSR count). The Morgan fingerprint density at radius 2 is 1.91 bits per heavy atom. The van der Waals surface area contributed by atoms with Gasteiger partial charge in [0.15, 0.2) is 0 Å². The third-order valence-corrected chi connectivity index (χ3v) is 7.37. The van der Waals surface area contributed by atoms with E-state index in [0.717, 1.165) is 16.9 Å². The van der Waals surface area contributed by atoms with Crippen LogP contribution in [0.3, 0.4) is 0 Å². The van der Waals surface area contributed by atoms with Gasteiger partial charge in [0.05, 0.1) is 47.5 Å². The summed E-state index contributed by atoms with van der Waals surface area (Å²) in [6.45, 7) is 0.713. The fourth-order valence-electron chi connectivity index (χ4n) is 3.62. The molecule has 184 valence electrons. The number of phenols is 1. The van der Waals surface area contributed by atoms with Crippen LogP contribution in [0, 0.1) is 10.1 Å². The highest BCUT2D eigenvalue weighted by molar-refractivity contribution is 7.89. The topological polar surface area (TPSA) is 180 Å². The van der Waals surface area contributed by atoms with Crippen LogP contribution in [0.1, 0.15) is 15.9 Å². The molecule has 14 heteroatoms. The molecule has 1 aliphatic rings. The van der Waals surface area contributed by atoms with E-state index in [4.69, 9.17) is 15.2 Å². The molecule has 13 nitrogen and oxygen atoms in total. The molecule has 0 unspecified atom stereocenters. The molecule has 0 spiro atoms. The van der Waals surface area contributed by atoms with Crippen molar-refractivity contribution in [2.24, 2.45) is 0 Å². The first-order valence-electron chi connectivity index (χ1n) is 10.3. The summed E-state index contributed by atoms with van der Waals surface area (Å²) >= 11 is 0. The van der Waals surface area contributed by atoms with Gasteiger partial charge in [-0.2, -0.15) is 9.40 Å². The highest BCUT2D eigenvalue weighted by Crippen LogP contribution is 2.32. The molecule has 0 aliphatic carbocycles. The number of nitrogens with two attached hydrogens (primary N) is 1. The minimum Gasteiger partial charge on any atom is -0.507 e. The zero-order chi connectivity index (χ0) is 25.3. The Labute approximate surface area is 199 Å². The van der Waals surface area contributed by atoms with Gasteiger partial charge in [-0.1, -0.05) is 0 Å². The lowest BCUT2D eigenvalue weighted by Crippen LogP contribution is -2.40. The Balaban J connectivity index is 1.75. The van der Waals surface area contributed by atoms with Gasteiger partial charge in [0.2, 0.25) is 15.8 Å². The number of nitro benzene ring substituents is 1. The molecular formula is C21H21N5O8S. The summed E-state index contributed by atoms with van der Waals surface area (Å²) < 4.78 is 38.3. The molecule has 3 aromatic rings. The highest BCUT2D eigenvalue weighted by atomic mass is 32.2. The molecule has 0 bridgehead atoms. The summed E-state index contributed by atoms with van der Waals surface area (Å²) in [4.78, 5) is 23.8. The first-order valence-corrected chi connectivity index (χ1v) is 11.7. The van der Waals surface area contributed by atoms with Gasteiger partial charge in [0.25, 0.3) is 5.69 Å². The van der Waals surface area contributed by atoms with Gasteiger partial charge in [-0.15, -0.1) is 0 Å². The van der Waals surface area contributed by atoms with E-state index in [2.05, 4.69) is 5.10 Å². The zero-order valence-corrected chi connectivity index (χ0v) is 19.3. The molecule has 0 saturated carbocycles. The van der Waals surface area contributed by atoms with Crippen molar-refractivity contribution in [1.82, 2.24) is 14.1 Å². The van der Waals surface area contributed by atoms with Crippen LogP contribution in [0.15, 0.2) is 47.5 Å². The van der Waals surface area contributed by atoms with E-state index in [1.165, 1.54) is 41.7 Å². The van der Waals surface area contributed by atoms with Crippen molar-refractivity contribution in [2.45, 2.75) is 4.90 Å². The molecule has 1 aliphatic heterocycles. The van der Waals surface area contributed by atoms with Gasteiger partial charge >= 0.3 is 0 Å². The van der Waals surface area contributed by atoms with E-state index in [0.29, 0.717) is 5.75 Å². The van der Waals surface area contributed by atoms with E-state index >= 15 is 0 Å². The minimum atomic E-state index is -3.99. The number of ether oxygens (including phenoxy) is 2. The number of carbonyl (C=O) groups excluding carboxylic acids is 1. The first kappa shape index (κ1) is 24.1. The molecule has 2 aromatic carbocycles. The van der Waals surface area contributed by atoms with Crippen molar-refractivity contribution in [3.63, 3.8) is 0 Å². The second-order valence-electron chi connectivity index (χ2n) is 7.49. The average molecular weight is 503 g/mol. The van der Waals surface area contributed by atoms with Gasteiger partial charge in [-0.3, -0.25) is 14.9 Å². The third-order valence-electron chi connectivity index (χ3n) is 5.48. The van der Waals surface area contributed by atoms with E-state index in [1.807, 2.05) is 0 Å². The fourth-order valence-corrected chi connectivity index (χ4v) is 5.05. The number of aromatic nitrogens is 2. The van der Waals surface area contributed by atoms with Crippen LogP contribution in [-0.2, 0) is 14.8 Å². The third kappa shape index (κ3) is 4.41. The Morgan fingerprint density at radius 3 is 2.57 bits per heavy atom. The van der Waals surface area contributed by atoms with E-state index < -0.39 is 26.4 Å². The van der Waals surface area contributed by atoms with Crippen molar-refractivity contribution < 1.29 is 32.7 Å². The lowest BCUT2D eigenvalue weighted by Gasteiger charge is -2.26. The van der Waals surface area contributed by atoms with Gasteiger partial charge in [-0.05, 0) is 30.3 Å². The molecule has 1 aromatic heterocycles. The Bertz CT molecular complexity index is 1410. The maximum atomic E-state index is 13.0. The smallest absolute Gasteiger partial charge is 0.296 e. The predicted octanol–water partition coefficient (Wildman–Crippen LogP) is 1.33. The molecule has 3 N–H and O–H groups in total. The number of nitrogen functional groups attached to an aromatic ring is 1. The summed E-state index contributed by atoms with van der Waals surface area (Å²) in [6.07, 6.45) is 1.11. The number of benzene rings is 2. The number of nitrogens with zero attached hydrogens (tertiary/aromatic N) is 4. The molecule has 0 atom stereocenters. The number of methoxy groups -OCH3 is 1. The molecular weight excluding hydrogens is 482 g/mol. The largest absolute Gasteiger partial charge is 0.507 e. The van der Waals surface area contributed by atoms with Gasteiger partial charge in [-0.25, -0.2) is 13.1 Å². The Hall–Kier alpha value is -4.01. The van der Waals surface area contributed by atoms with Crippen molar-refractivity contribution >= 4 is 27.3 Å². The van der Waals surface area contributed by atoms with Crippen LogP contribution in [0.5, 0.6) is 11.5 Å². The van der Waals surface area contributed by atoms with Gasteiger partial charge < -0.3 is 20.3 Å². The highest BCUT2D eigenvalue weighted by Gasteiger charge is 2.30. The maximum absolute atomic E-state index is 13.0. The predicted molar refractivity (Wildman–Crippen MR) is 122 cm³/mol. The summed E-state index contributed by atoms with van der Waals surface area (Å²) in [6, 6.07) is 7.41. The van der Waals surface area contributed by atoms with Gasteiger partial charge in [0, 0.05) is 19.2 Å².